The zero-order chi connectivity index (χ0) is 12.9. The zero-order valence-corrected chi connectivity index (χ0v) is 10.9. The van der Waals surface area contributed by atoms with Crippen molar-refractivity contribution in [2.45, 2.75) is 51.2 Å². The lowest BCUT2D eigenvalue weighted by molar-refractivity contribution is 0.136. The molecular formula is C12H19N7. The summed E-state index contributed by atoms with van der Waals surface area (Å²) in [5.74, 6) is 0. The summed E-state index contributed by atoms with van der Waals surface area (Å²) in [4.78, 5) is 2.44. The van der Waals surface area contributed by atoms with Gasteiger partial charge in [-0.3, -0.25) is 4.90 Å². The molecule has 0 radical (unpaired) electrons. The monoisotopic (exact) mass is 261 g/mol. The molecule has 0 saturated heterocycles. The molecule has 3 rings (SSSR count). The normalized spacial score (nSPS) is 17.1. The van der Waals surface area contributed by atoms with E-state index in [1.165, 1.54) is 32.1 Å². The highest BCUT2D eigenvalue weighted by Crippen LogP contribution is 2.24. The highest BCUT2D eigenvalue weighted by atomic mass is 15.3. The second-order valence-electron chi connectivity index (χ2n) is 5.12. The number of nitrogens with zero attached hydrogens (tertiary/aromatic N) is 5. The summed E-state index contributed by atoms with van der Waals surface area (Å²) in [7, 11) is 0. The Morgan fingerprint density at radius 1 is 0.947 bits per heavy atom. The van der Waals surface area contributed by atoms with Gasteiger partial charge in [0.25, 0.3) is 0 Å². The molecule has 1 aliphatic carbocycles. The maximum atomic E-state index is 4.16. The molecule has 0 atom stereocenters. The van der Waals surface area contributed by atoms with Crippen LogP contribution in [0.5, 0.6) is 0 Å². The molecule has 1 fully saturated rings. The van der Waals surface area contributed by atoms with Gasteiger partial charge in [0, 0.05) is 19.1 Å². The van der Waals surface area contributed by atoms with Gasteiger partial charge in [-0.2, -0.15) is 30.8 Å². The molecule has 7 heteroatoms. The first-order chi connectivity index (χ1) is 9.42. The standard InChI is InChI=1S/C12H19N7/c1-2-4-12(5-3-1)19(8-10-6-13-17-15-10)9-11-7-14-18-16-11/h6-7,12H,1-5,8-9H2,(H,13,15,17)(H,14,16,18). The van der Waals surface area contributed by atoms with Gasteiger partial charge in [0.15, 0.2) is 0 Å². The number of hydrogen-bond acceptors (Lipinski definition) is 5. The highest BCUT2D eigenvalue weighted by Gasteiger charge is 2.22. The smallest absolute Gasteiger partial charge is 0.0964 e. The molecule has 0 spiro atoms. The minimum atomic E-state index is 0.613. The van der Waals surface area contributed by atoms with E-state index < -0.39 is 0 Å². The van der Waals surface area contributed by atoms with Crippen molar-refractivity contribution < 1.29 is 0 Å². The van der Waals surface area contributed by atoms with Crippen LogP contribution in [0.1, 0.15) is 43.5 Å². The van der Waals surface area contributed by atoms with Crippen LogP contribution >= 0.6 is 0 Å². The lowest BCUT2D eigenvalue weighted by Gasteiger charge is -2.33. The Hall–Kier alpha value is -1.76. The van der Waals surface area contributed by atoms with E-state index in [0.717, 1.165) is 24.5 Å². The van der Waals surface area contributed by atoms with Gasteiger partial charge >= 0.3 is 0 Å². The molecule has 1 saturated carbocycles. The molecule has 0 bridgehead atoms. The molecule has 1 aliphatic rings. The molecule has 7 nitrogen and oxygen atoms in total. The molecule has 2 heterocycles. The fraction of sp³-hybridized carbons (Fsp3) is 0.667. The number of aromatic amines is 2. The van der Waals surface area contributed by atoms with Crippen molar-refractivity contribution in [3.05, 3.63) is 23.8 Å². The van der Waals surface area contributed by atoms with E-state index in [-0.39, 0.29) is 0 Å². The van der Waals surface area contributed by atoms with E-state index >= 15 is 0 Å². The number of hydrogen-bond donors (Lipinski definition) is 2. The van der Waals surface area contributed by atoms with Crippen LogP contribution < -0.4 is 0 Å². The average molecular weight is 261 g/mol. The van der Waals surface area contributed by atoms with Crippen molar-refractivity contribution >= 4 is 0 Å². The summed E-state index contributed by atoms with van der Waals surface area (Å²) in [5, 5.41) is 21.4. The van der Waals surface area contributed by atoms with Crippen molar-refractivity contribution in [1.82, 2.24) is 35.7 Å². The first-order valence-corrected chi connectivity index (χ1v) is 6.85. The molecule has 0 unspecified atom stereocenters. The topological polar surface area (TPSA) is 86.4 Å². The van der Waals surface area contributed by atoms with Crippen LogP contribution in [0.25, 0.3) is 0 Å². The van der Waals surface area contributed by atoms with E-state index in [1.54, 1.807) is 12.4 Å². The SMILES string of the molecule is c1n[nH]nc1CN(Cc1cn[nH]n1)C1CCCCC1. The average Bonchev–Trinajstić information content (AvgIpc) is 3.12. The summed E-state index contributed by atoms with van der Waals surface area (Å²) >= 11 is 0. The first-order valence-electron chi connectivity index (χ1n) is 6.85. The van der Waals surface area contributed by atoms with Gasteiger partial charge in [0.05, 0.1) is 23.8 Å². The van der Waals surface area contributed by atoms with Gasteiger partial charge in [-0.1, -0.05) is 19.3 Å². The Balaban J connectivity index is 1.70. The lowest BCUT2D eigenvalue weighted by atomic mass is 9.94. The van der Waals surface area contributed by atoms with Crippen LogP contribution in [0, 0.1) is 0 Å². The van der Waals surface area contributed by atoms with Gasteiger partial charge in [0.1, 0.15) is 0 Å². The molecule has 0 aromatic carbocycles. The summed E-state index contributed by atoms with van der Waals surface area (Å²) in [5.41, 5.74) is 1.96. The van der Waals surface area contributed by atoms with Crippen molar-refractivity contribution in [3.8, 4) is 0 Å². The van der Waals surface area contributed by atoms with Crippen molar-refractivity contribution in [2.75, 3.05) is 0 Å². The van der Waals surface area contributed by atoms with Gasteiger partial charge in [-0.05, 0) is 12.8 Å². The van der Waals surface area contributed by atoms with E-state index in [1.807, 2.05) is 0 Å². The van der Waals surface area contributed by atoms with Crippen LogP contribution in [0.2, 0.25) is 0 Å². The minimum Gasteiger partial charge on any atom is -0.288 e. The quantitative estimate of drug-likeness (QED) is 0.846. The number of H-pyrrole nitrogens is 2. The second-order valence-corrected chi connectivity index (χ2v) is 5.12. The molecular weight excluding hydrogens is 242 g/mol. The van der Waals surface area contributed by atoms with Crippen molar-refractivity contribution in [2.24, 2.45) is 0 Å². The maximum absolute atomic E-state index is 4.16. The van der Waals surface area contributed by atoms with Crippen LogP contribution in [-0.4, -0.2) is 41.8 Å². The Bertz CT molecular complexity index is 422. The predicted molar refractivity (Wildman–Crippen MR) is 68.9 cm³/mol. The molecule has 102 valence electrons. The van der Waals surface area contributed by atoms with Crippen LogP contribution in [0.4, 0.5) is 0 Å². The third-order valence-electron chi connectivity index (χ3n) is 3.75. The van der Waals surface area contributed by atoms with Gasteiger partial charge in [-0.15, -0.1) is 0 Å². The minimum absolute atomic E-state index is 0.613. The Labute approximate surface area is 111 Å². The highest BCUT2D eigenvalue weighted by molar-refractivity contribution is 4.96. The van der Waals surface area contributed by atoms with Crippen LogP contribution in [0.3, 0.4) is 0 Å². The summed E-state index contributed by atoms with van der Waals surface area (Å²) in [6, 6.07) is 0.613. The van der Waals surface area contributed by atoms with Crippen LogP contribution in [-0.2, 0) is 13.1 Å². The summed E-state index contributed by atoms with van der Waals surface area (Å²) in [6.45, 7) is 1.63. The number of aromatic nitrogens is 6. The van der Waals surface area contributed by atoms with Crippen molar-refractivity contribution in [1.29, 1.82) is 0 Å². The largest absolute Gasteiger partial charge is 0.288 e. The number of nitrogens with one attached hydrogen (secondary N) is 2. The fourth-order valence-corrected chi connectivity index (χ4v) is 2.78. The van der Waals surface area contributed by atoms with E-state index in [4.69, 9.17) is 0 Å². The first kappa shape index (κ1) is 12.3. The zero-order valence-electron chi connectivity index (χ0n) is 10.9. The summed E-state index contributed by atoms with van der Waals surface area (Å²) < 4.78 is 0. The van der Waals surface area contributed by atoms with E-state index in [0.29, 0.717) is 6.04 Å². The molecule has 2 aromatic heterocycles. The second kappa shape index (κ2) is 5.92. The molecule has 2 N–H and O–H groups in total. The Morgan fingerprint density at radius 2 is 1.53 bits per heavy atom. The molecule has 0 amide bonds. The van der Waals surface area contributed by atoms with Gasteiger partial charge in [-0.25, -0.2) is 0 Å². The van der Waals surface area contributed by atoms with Crippen LogP contribution in [0.15, 0.2) is 12.4 Å². The maximum Gasteiger partial charge on any atom is 0.0964 e. The van der Waals surface area contributed by atoms with Crippen molar-refractivity contribution in [3.63, 3.8) is 0 Å². The lowest BCUT2D eigenvalue weighted by Crippen LogP contribution is -2.36. The summed E-state index contributed by atoms with van der Waals surface area (Å²) in [6.07, 6.45) is 10.1. The molecule has 0 aliphatic heterocycles. The molecule has 19 heavy (non-hydrogen) atoms. The third kappa shape index (κ3) is 3.17. The predicted octanol–water partition coefficient (Wildman–Crippen LogP) is 1.26. The van der Waals surface area contributed by atoms with E-state index in [9.17, 15) is 0 Å². The third-order valence-corrected chi connectivity index (χ3v) is 3.75. The Morgan fingerprint density at radius 3 is 2.00 bits per heavy atom. The Kier molecular flexibility index (Phi) is 3.83. The fourth-order valence-electron chi connectivity index (χ4n) is 2.78. The van der Waals surface area contributed by atoms with Gasteiger partial charge < -0.3 is 0 Å². The van der Waals surface area contributed by atoms with E-state index in [2.05, 4.69) is 35.7 Å². The number of rotatable bonds is 5. The molecule has 2 aromatic rings. The van der Waals surface area contributed by atoms with Gasteiger partial charge in [0.2, 0.25) is 0 Å².